The number of hydrogen-bond acceptors (Lipinski definition) is 5. The highest BCUT2D eigenvalue weighted by atomic mass is 19.3. The number of rotatable bonds is 2. The maximum absolute atomic E-state index is 14.6. The van der Waals surface area contributed by atoms with E-state index in [4.69, 9.17) is 9.47 Å². The average Bonchev–Trinajstić information content (AvgIpc) is 2.93. The molecule has 2 aliphatic rings. The number of benzene rings is 1. The second-order valence-electron chi connectivity index (χ2n) is 7.58. The van der Waals surface area contributed by atoms with Crippen LogP contribution in [0.1, 0.15) is 16.1 Å². The van der Waals surface area contributed by atoms with Gasteiger partial charge < -0.3 is 14.5 Å². The van der Waals surface area contributed by atoms with Crippen molar-refractivity contribution in [3.8, 4) is 0 Å². The quantitative estimate of drug-likeness (QED) is 0.738. The fraction of sp³-hybridized carbons (Fsp3) is 0.450. The fourth-order valence-electron chi connectivity index (χ4n) is 3.80. The number of alkyl halides is 2. The molecule has 0 radical (unpaired) electrons. The predicted octanol–water partition coefficient (Wildman–Crippen LogP) is 1.60. The van der Waals surface area contributed by atoms with Crippen molar-refractivity contribution in [2.75, 3.05) is 37.7 Å². The Morgan fingerprint density at radius 2 is 1.93 bits per heavy atom. The van der Waals surface area contributed by atoms with Gasteiger partial charge in [-0.25, -0.2) is 0 Å². The predicted molar refractivity (Wildman–Crippen MR) is 102 cm³/mol. The molecule has 4 rings (SSSR count). The van der Waals surface area contributed by atoms with Crippen LogP contribution >= 0.6 is 0 Å². The van der Waals surface area contributed by atoms with Gasteiger partial charge in [-0.15, -0.1) is 0 Å². The molecule has 2 aromatic rings. The third-order valence-electron chi connectivity index (χ3n) is 5.46. The molecular weight excluding hydrogens is 398 g/mol. The van der Waals surface area contributed by atoms with Gasteiger partial charge in [0.2, 0.25) is 0 Å². The number of morpholine rings is 1. The van der Waals surface area contributed by atoms with Crippen molar-refractivity contribution < 1.29 is 27.8 Å². The van der Waals surface area contributed by atoms with Crippen molar-refractivity contribution >= 4 is 17.5 Å². The second-order valence-corrected chi connectivity index (χ2v) is 7.58. The molecule has 0 aliphatic carbocycles. The Morgan fingerprint density at radius 3 is 2.60 bits per heavy atom. The molecule has 0 bridgehead atoms. The van der Waals surface area contributed by atoms with Gasteiger partial charge in [-0.3, -0.25) is 19.0 Å². The van der Waals surface area contributed by atoms with Gasteiger partial charge in [0.25, 0.3) is 5.91 Å². The molecule has 2 fully saturated rings. The number of ether oxygens (including phenoxy) is 2. The van der Waals surface area contributed by atoms with Crippen molar-refractivity contribution in [2.45, 2.75) is 18.6 Å². The Bertz CT molecular complexity index is 965. The highest BCUT2D eigenvalue weighted by Gasteiger charge is 2.58. The summed E-state index contributed by atoms with van der Waals surface area (Å²) in [6, 6.07) is 8.20. The van der Waals surface area contributed by atoms with Crippen LogP contribution in [0.3, 0.4) is 0 Å². The highest BCUT2D eigenvalue weighted by molar-refractivity contribution is 5.98. The lowest BCUT2D eigenvalue weighted by Gasteiger charge is -2.45. The molecule has 1 atom stereocenters. The molecule has 3 heterocycles. The number of aromatic nitrogens is 2. The number of amides is 2. The van der Waals surface area contributed by atoms with Crippen LogP contribution in [0.5, 0.6) is 0 Å². The van der Waals surface area contributed by atoms with Gasteiger partial charge in [-0.05, 0) is 19.1 Å². The summed E-state index contributed by atoms with van der Waals surface area (Å²) in [5.41, 5.74) is -0.200. The van der Waals surface area contributed by atoms with Crippen molar-refractivity contribution in [2.24, 2.45) is 7.05 Å². The third kappa shape index (κ3) is 3.56. The van der Waals surface area contributed by atoms with E-state index in [9.17, 15) is 18.4 Å². The van der Waals surface area contributed by atoms with Crippen LogP contribution in [0, 0.1) is 6.92 Å². The van der Waals surface area contributed by atoms with Crippen molar-refractivity contribution in [3.05, 3.63) is 47.8 Å². The Kier molecular flexibility index (Phi) is 5.07. The molecule has 2 aliphatic heterocycles. The maximum Gasteiger partial charge on any atom is 0.437 e. The normalized spacial score (nSPS) is 24.2. The van der Waals surface area contributed by atoms with Crippen LogP contribution < -0.4 is 4.90 Å². The van der Waals surface area contributed by atoms with E-state index in [1.54, 1.807) is 49.0 Å². The van der Waals surface area contributed by atoms with Crippen molar-refractivity contribution in [3.63, 3.8) is 0 Å². The number of hydrogen-bond donors (Lipinski definition) is 0. The Balaban J connectivity index is 1.66. The molecule has 10 heteroatoms. The van der Waals surface area contributed by atoms with E-state index in [1.807, 2.05) is 0 Å². The first-order chi connectivity index (χ1) is 14.2. The summed E-state index contributed by atoms with van der Waals surface area (Å²) in [5.74, 6) is -1.79. The van der Waals surface area contributed by atoms with E-state index in [2.05, 4.69) is 5.10 Å². The number of carbonyl (C=O) groups is 2. The van der Waals surface area contributed by atoms with Gasteiger partial charge in [0.15, 0.2) is 0 Å². The summed E-state index contributed by atoms with van der Waals surface area (Å²) in [5, 5.41) is 4.08. The van der Waals surface area contributed by atoms with E-state index in [-0.39, 0.29) is 38.8 Å². The van der Waals surface area contributed by atoms with Crippen LogP contribution in [-0.2, 0) is 21.3 Å². The summed E-state index contributed by atoms with van der Waals surface area (Å²) < 4.78 is 41.4. The number of carbonyl (C=O) groups excluding carboxylic acids is 2. The molecule has 1 aromatic heterocycles. The zero-order chi connectivity index (χ0) is 21.5. The van der Waals surface area contributed by atoms with Crippen molar-refractivity contribution in [1.29, 1.82) is 0 Å². The first-order valence-corrected chi connectivity index (χ1v) is 9.53. The summed E-state index contributed by atoms with van der Waals surface area (Å²) in [4.78, 5) is 27.9. The monoisotopic (exact) mass is 420 g/mol. The first-order valence-electron chi connectivity index (χ1n) is 9.53. The SMILES string of the molecule is Cc1c(C(=O)N2CCOCC3(C2)CN(c2ccccc2)C(=O)C(F)(F)O3)cnn1C. The number of aryl methyl sites for hydroxylation is 1. The molecular formula is C20H22F2N4O4. The molecule has 1 aromatic carbocycles. The van der Waals surface area contributed by atoms with Gasteiger partial charge >= 0.3 is 12.0 Å². The van der Waals surface area contributed by atoms with Gasteiger partial charge in [0.05, 0.1) is 38.1 Å². The standard InChI is InChI=1S/C20H22F2N4O4/c1-14-16(10-23-24(14)2)17(27)25-8-9-29-13-19(11-25)12-26(15-6-4-3-5-7-15)18(28)20(21,22)30-19/h3-7,10H,8-9,11-13H2,1-2H3. The molecule has 30 heavy (non-hydrogen) atoms. The molecule has 2 saturated heterocycles. The molecule has 0 saturated carbocycles. The summed E-state index contributed by atoms with van der Waals surface area (Å²) >= 11 is 0. The number of para-hydroxylation sites is 1. The van der Waals surface area contributed by atoms with E-state index in [1.165, 1.54) is 11.1 Å². The zero-order valence-electron chi connectivity index (χ0n) is 16.7. The average molecular weight is 420 g/mol. The largest absolute Gasteiger partial charge is 0.437 e. The van der Waals surface area contributed by atoms with Crippen LogP contribution in [0.15, 0.2) is 36.5 Å². The van der Waals surface area contributed by atoms with Crippen LogP contribution in [-0.4, -0.2) is 71.1 Å². The molecule has 8 nitrogen and oxygen atoms in total. The van der Waals surface area contributed by atoms with Gasteiger partial charge in [0, 0.05) is 25.0 Å². The maximum atomic E-state index is 14.6. The number of anilines is 1. The minimum absolute atomic E-state index is 0.146. The molecule has 2 amide bonds. The fourth-order valence-corrected chi connectivity index (χ4v) is 3.80. The Morgan fingerprint density at radius 1 is 1.20 bits per heavy atom. The lowest BCUT2D eigenvalue weighted by Crippen LogP contribution is -2.66. The van der Waals surface area contributed by atoms with Gasteiger partial charge in [-0.2, -0.15) is 13.9 Å². The van der Waals surface area contributed by atoms with Crippen LogP contribution in [0.4, 0.5) is 14.5 Å². The minimum Gasteiger partial charge on any atom is -0.376 e. The first kappa shape index (κ1) is 20.4. The molecule has 0 N–H and O–H groups in total. The van der Waals surface area contributed by atoms with Gasteiger partial charge in [0.1, 0.15) is 5.60 Å². The van der Waals surface area contributed by atoms with Crippen molar-refractivity contribution in [1.82, 2.24) is 14.7 Å². The van der Waals surface area contributed by atoms with Crippen LogP contribution in [0.25, 0.3) is 0 Å². The topological polar surface area (TPSA) is 76.9 Å². The molecule has 1 unspecified atom stereocenters. The smallest absolute Gasteiger partial charge is 0.376 e. The summed E-state index contributed by atoms with van der Waals surface area (Å²) in [6.07, 6.45) is -2.59. The summed E-state index contributed by atoms with van der Waals surface area (Å²) in [6.45, 7) is 1.65. The lowest BCUT2D eigenvalue weighted by atomic mass is 10.00. The lowest BCUT2D eigenvalue weighted by molar-refractivity contribution is -0.293. The Labute approximate surface area is 171 Å². The highest BCUT2D eigenvalue weighted by Crippen LogP contribution is 2.37. The van der Waals surface area contributed by atoms with E-state index in [0.717, 1.165) is 4.90 Å². The zero-order valence-corrected chi connectivity index (χ0v) is 16.7. The third-order valence-corrected chi connectivity index (χ3v) is 5.46. The number of nitrogens with zero attached hydrogens (tertiary/aromatic N) is 4. The molecule has 1 spiro atoms. The van der Waals surface area contributed by atoms with E-state index >= 15 is 0 Å². The molecule has 160 valence electrons. The Hall–Kier alpha value is -2.85. The summed E-state index contributed by atoms with van der Waals surface area (Å²) in [7, 11) is 1.72. The second kappa shape index (κ2) is 7.44. The number of halogens is 2. The van der Waals surface area contributed by atoms with Crippen LogP contribution in [0.2, 0.25) is 0 Å². The van der Waals surface area contributed by atoms with E-state index in [0.29, 0.717) is 16.9 Å². The minimum atomic E-state index is -4.04. The van der Waals surface area contributed by atoms with E-state index < -0.39 is 17.6 Å². The van der Waals surface area contributed by atoms with Gasteiger partial charge in [-0.1, -0.05) is 18.2 Å².